The molecule has 4 rings (SSSR count). The smallest absolute Gasteiger partial charge is 0.260 e. The number of anilines is 1. The molecule has 1 aliphatic rings. The predicted octanol–water partition coefficient (Wildman–Crippen LogP) is 3.52. The summed E-state index contributed by atoms with van der Waals surface area (Å²) < 4.78 is 1.94. The predicted molar refractivity (Wildman–Crippen MR) is 88.4 cm³/mol. The third-order valence-corrected chi connectivity index (χ3v) is 4.51. The molecule has 0 atom stereocenters. The Kier molecular flexibility index (Phi) is 3.57. The SMILES string of the molecule is O=C(Nc1n[nH]c2ccccc12)c1cnn(C2CCCCC2)c1. The summed E-state index contributed by atoms with van der Waals surface area (Å²) in [4.78, 5) is 12.4. The normalized spacial score (nSPS) is 15.8. The molecular formula is C17H19N5O. The maximum Gasteiger partial charge on any atom is 0.260 e. The van der Waals surface area contributed by atoms with E-state index in [1.807, 2.05) is 35.1 Å². The molecule has 0 unspecified atom stereocenters. The van der Waals surface area contributed by atoms with E-state index in [0.717, 1.165) is 23.7 Å². The first-order valence-electron chi connectivity index (χ1n) is 8.10. The molecule has 0 bridgehead atoms. The molecule has 0 aliphatic heterocycles. The van der Waals surface area contributed by atoms with Gasteiger partial charge in [-0.1, -0.05) is 31.4 Å². The van der Waals surface area contributed by atoms with E-state index in [4.69, 9.17) is 0 Å². The van der Waals surface area contributed by atoms with Gasteiger partial charge in [0, 0.05) is 11.6 Å². The summed E-state index contributed by atoms with van der Waals surface area (Å²) in [6.07, 6.45) is 9.56. The van der Waals surface area contributed by atoms with E-state index in [-0.39, 0.29) is 5.91 Å². The zero-order valence-electron chi connectivity index (χ0n) is 12.8. The van der Waals surface area contributed by atoms with Crippen molar-refractivity contribution in [3.05, 3.63) is 42.2 Å². The fourth-order valence-corrected chi connectivity index (χ4v) is 3.24. The molecule has 1 amide bonds. The van der Waals surface area contributed by atoms with Crippen LogP contribution in [0, 0.1) is 0 Å². The topological polar surface area (TPSA) is 75.6 Å². The van der Waals surface area contributed by atoms with Crippen molar-refractivity contribution in [2.24, 2.45) is 0 Å². The minimum Gasteiger partial charge on any atom is -0.304 e. The molecule has 2 aromatic heterocycles. The zero-order valence-corrected chi connectivity index (χ0v) is 12.8. The number of hydrogen-bond acceptors (Lipinski definition) is 3. The fraction of sp³-hybridized carbons (Fsp3) is 0.353. The van der Waals surface area contributed by atoms with Gasteiger partial charge in [-0.2, -0.15) is 10.2 Å². The summed E-state index contributed by atoms with van der Waals surface area (Å²) in [7, 11) is 0. The lowest BCUT2D eigenvalue weighted by atomic mass is 9.96. The molecule has 1 aliphatic carbocycles. The number of H-pyrrole nitrogens is 1. The first-order chi connectivity index (χ1) is 11.3. The van der Waals surface area contributed by atoms with Crippen LogP contribution >= 0.6 is 0 Å². The quantitative estimate of drug-likeness (QED) is 0.777. The average molecular weight is 309 g/mol. The van der Waals surface area contributed by atoms with Crippen molar-refractivity contribution < 1.29 is 4.79 Å². The van der Waals surface area contributed by atoms with Crippen molar-refractivity contribution in [2.75, 3.05) is 5.32 Å². The van der Waals surface area contributed by atoms with Gasteiger partial charge in [0.25, 0.3) is 5.91 Å². The minimum atomic E-state index is -0.177. The first kappa shape index (κ1) is 14.0. The van der Waals surface area contributed by atoms with E-state index < -0.39 is 0 Å². The van der Waals surface area contributed by atoms with Crippen LogP contribution in [0.25, 0.3) is 10.9 Å². The average Bonchev–Trinajstić information content (AvgIpc) is 3.24. The number of nitrogens with zero attached hydrogens (tertiary/aromatic N) is 3. The van der Waals surface area contributed by atoms with Gasteiger partial charge in [-0.25, -0.2) is 0 Å². The Morgan fingerprint density at radius 2 is 2.04 bits per heavy atom. The summed E-state index contributed by atoms with van der Waals surface area (Å²) in [5, 5.41) is 15.2. The molecule has 2 heterocycles. The molecule has 6 heteroatoms. The Balaban J connectivity index is 1.52. The van der Waals surface area contributed by atoms with Crippen molar-refractivity contribution >= 4 is 22.6 Å². The van der Waals surface area contributed by atoms with Gasteiger partial charge in [-0.15, -0.1) is 0 Å². The van der Waals surface area contributed by atoms with Crippen LogP contribution in [0.5, 0.6) is 0 Å². The van der Waals surface area contributed by atoms with Crippen LogP contribution in [0.1, 0.15) is 48.5 Å². The van der Waals surface area contributed by atoms with Crippen LogP contribution in [0.3, 0.4) is 0 Å². The molecule has 118 valence electrons. The molecule has 2 N–H and O–H groups in total. The lowest BCUT2D eigenvalue weighted by molar-refractivity contribution is 0.102. The first-order valence-corrected chi connectivity index (χ1v) is 8.10. The third kappa shape index (κ3) is 2.72. The van der Waals surface area contributed by atoms with Crippen LogP contribution in [0.4, 0.5) is 5.82 Å². The van der Waals surface area contributed by atoms with Gasteiger partial charge in [0.2, 0.25) is 0 Å². The molecule has 1 aromatic carbocycles. The van der Waals surface area contributed by atoms with Gasteiger partial charge < -0.3 is 5.32 Å². The lowest BCUT2D eigenvalue weighted by Gasteiger charge is -2.21. The largest absolute Gasteiger partial charge is 0.304 e. The number of aromatic nitrogens is 4. The minimum absolute atomic E-state index is 0.177. The summed E-state index contributed by atoms with van der Waals surface area (Å²) in [6.45, 7) is 0. The maximum absolute atomic E-state index is 12.4. The number of amides is 1. The Bertz CT molecular complexity index is 828. The molecule has 0 saturated heterocycles. The number of fused-ring (bicyclic) bond motifs is 1. The summed E-state index contributed by atoms with van der Waals surface area (Å²) in [5.74, 6) is 0.375. The molecule has 3 aromatic rings. The number of aromatic amines is 1. The standard InChI is InChI=1S/C17H19N5O/c23-17(19-16-14-8-4-5-9-15(14)20-21-16)12-10-18-22(11-12)13-6-2-1-3-7-13/h4-5,8-11,13H,1-3,6-7H2,(H2,19,20,21,23). The molecule has 0 spiro atoms. The Morgan fingerprint density at radius 1 is 1.22 bits per heavy atom. The van der Waals surface area contributed by atoms with Crippen molar-refractivity contribution in [3.63, 3.8) is 0 Å². The second-order valence-electron chi connectivity index (χ2n) is 6.07. The van der Waals surface area contributed by atoms with Crippen molar-refractivity contribution in [3.8, 4) is 0 Å². The zero-order chi connectivity index (χ0) is 15.6. The third-order valence-electron chi connectivity index (χ3n) is 4.51. The van der Waals surface area contributed by atoms with Crippen molar-refractivity contribution in [1.82, 2.24) is 20.0 Å². The molecule has 23 heavy (non-hydrogen) atoms. The lowest BCUT2D eigenvalue weighted by Crippen LogP contribution is -2.14. The van der Waals surface area contributed by atoms with Crippen LogP contribution < -0.4 is 5.32 Å². The van der Waals surface area contributed by atoms with E-state index >= 15 is 0 Å². The van der Waals surface area contributed by atoms with E-state index in [2.05, 4.69) is 20.6 Å². The number of carbonyl (C=O) groups excluding carboxylic acids is 1. The molecule has 1 saturated carbocycles. The number of rotatable bonds is 3. The summed E-state index contributed by atoms with van der Waals surface area (Å²) in [5.41, 5.74) is 1.48. The Hall–Kier alpha value is -2.63. The van der Waals surface area contributed by atoms with Gasteiger partial charge in [0.1, 0.15) is 0 Å². The summed E-state index contributed by atoms with van der Waals surface area (Å²) >= 11 is 0. The number of benzene rings is 1. The number of hydrogen-bond donors (Lipinski definition) is 2. The fourth-order valence-electron chi connectivity index (χ4n) is 3.24. The van der Waals surface area contributed by atoms with Crippen molar-refractivity contribution in [2.45, 2.75) is 38.1 Å². The second kappa shape index (κ2) is 5.87. The molecule has 1 fully saturated rings. The maximum atomic E-state index is 12.4. The highest BCUT2D eigenvalue weighted by Gasteiger charge is 2.18. The van der Waals surface area contributed by atoms with Gasteiger partial charge >= 0.3 is 0 Å². The van der Waals surface area contributed by atoms with Gasteiger partial charge in [-0.3, -0.25) is 14.6 Å². The van der Waals surface area contributed by atoms with E-state index in [9.17, 15) is 4.79 Å². The van der Waals surface area contributed by atoms with Crippen LogP contribution in [0.15, 0.2) is 36.7 Å². The van der Waals surface area contributed by atoms with Gasteiger partial charge in [0.15, 0.2) is 5.82 Å². The number of para-hydroxylation sites is 1. The van der Waals surface area contributed by atoms with E-state index in [1.165, 1.54) is 19.3 Å². The van der Waals surface area contributed by atoms with Gasteiger partial charge in [-0.05, 0) is 25.0 Å². The Morgan fingerprint density at radius 3 is 2.91 bits per heavy atom. The van der Waals surface area contributed by atoms with Crippen LogP contribution in [-0.2, 0) is 0 Å². The highest BCUT2D eigenvalue weighted by molar-refractivity contribution is 6.07. The molecular weight excluding hydrogens is 290 g/mol. The van der Waals surface area contributed by atoms with Crippen molar-refractivity contribution in [1.29, 1.82) is 0 Å². The van der Waals surface area contributed by atoms with Gasteiger partial charge in [0.05, 0.1) is 23.3 Å². The highest BCUT2D eigenvalue weighted by Crippen LogP contribution is 2.27. The van der Waals surface area contributed by atoms with E-state index in [0.29, 0.717) is 17.4 Å². The molecule has 6 nitrogen and oxygen atoms in total. The van der Waals surface area contributed by atoms with E-state index in [1.54, 1.807) is 6.20 Å². The monoisotopic (exact) mass is 309 g/mol. The number of nitrogens with one attached hydrogen (secondary N) is 2. The Labute approximate surface area is 133 Å². The number of carbonyl (C=O) groups is 1. The van der Waals surface area contributed by atoms with Crippen LogP contribution in [-0.4, -0.2) is 25.9 Å². The second-order valence-corrected chi connectivity index (χ2v) is 6.07. The molecule has 0 radical (unpaired) electrons. The van der Waals surface area contributed by atoms with Crippen LogP contribution in [0.2, 0.25) is 0 Å². The summed E-state index contributed by atoms with van der Waals surface area (Å²) in [6, 6.07) is 8.14. The highest BCUT2D eigenvalue weighted by atomic mass is 16.1.